The third-order valence-corrected chi connectivity index (χ3v) is 6.91. The molecule has 3 aromatic carbocycles. The summed E-state index contributed by atoms with van der Waals surface area (Å²) in [6.45, 7) is 11.2. The average Bonchev–Trinajstić information content (AvgIpc) is 2.92. The van der Waals surface area contributed by atoms with Crippen LogP contribution < -0.4 is 25.2 Å². The highest BCUT2D eigenvalue weighted by Gasteiger charge is 2.25. The Bertz CT molecular complexity index is 1280. The first-order valence-electron chi connectivity index (χ1n) is 13.6. The molecule has 1 atom stereocenters. The van der Waals surface area contributed by atoms with Gasteiger partial charge in [-0.1, -0.05) is 63.2 Å². The SMILES string of the molecule is COc1ccccc1N1CCN(c2ccc(NC(=O)CC(C)(C)C)cc2C(=O)NC(C)c2ccccc2)CC1. The van der Waals surface area contributed by atoms with Gasteiger partial charge in [0.2, 0.25) is 5.91 Å². The van der Waals surface area contributed by atoms with Gasteiger partial charge in [-0.3, -0.25) is 9.59 Å². The van der Waals surface area contributed by atoms with E-state index in [0.717, 1.165) is 48.9 Å². The number of nitrogens with one attached hydrogen (secondary N) is 2. The smallest absolute Gasteiger partial charge is 0.253 e. The van der Waals surface area contributed by atoms with E-state index >= 15 is 0 Å². The van der Waals surface area contributed by atoms with Crippen molar-refractivity contribution in [2.45, 2.75) is 40.2 Å². The molecule has 0 saturated carbocycles. The number of rotatable bonds is 8. The van der Waals surface area contributed by atoms with Gasteiger partial charge in [-0.15, -0.1) is 0 Å². The van der Waals surface area contributed by atoms with Gasteiger partial charge in [0.05, 0.1) is 24.4 Å². The summed E-state index contributed by atoms with van der Waals surface area (Å²) in [5.41, 5.74) is 4.02. The maximum Gasteiger partial charge on any atom is 0.253 e. The lowest BCUT2D eigenvalue weighted by molar-refractivity contribution is -0.117. The Labute approximate surface area is 232 Å². The molecule has 1 aliphatic rings. The number of hydrogen-bond acceptors (Lipinski definition) is 5. The van der Waals surface area contributed by atoms with Crippen LogP contribution in [0, 0.1) is 5.41 Å². The zero-order valence-corrected chi connectivity index (χ0v) is 23.7. The number of anilines is 3. The molecule has 0 radical (unpaired) electrons. The lowest BCUT2D eigenvalue weighted by Crippen LogP contribution is -2.47. The number of para-hydroxylation sites is 2. The second-order valence-electron chi connectivity index (χ2n) is 11.3. The van der Waals surface area contributed by atoms with Gasteiger partial charge in [-0.05, 0) is 48.2 Å². The summed E-state index contributed by atoms with van der Waals surface area (Å²) in [6.07, 6.45) is 0.395. The van der Waals surface area contributed by atoms with Gasteiger partial charge in [-0.2, -0.15) is 0 Å². The zero-order valence-electron chi connectivity index (χ0n) is 23.7. The van der Waals surface area contributed by atoms with Crippen LogP contribution in [0.15, 0.2) is 72.8 Å². The Hall–Kier alpha value is -4.00. The topological polar surface area (TPSA) is 73.9 Å². The number of ether oxygens (including phenoxy) is 1. The number of benzene rings is 3. The summed E-state index contributed by atoms with van der Waals surface area (Å²) in [5, 5.41) is 6.15. The van der Waals surface area contributed by atoms with E-state index in [2.05, 4.69) is 26.5 Å². The molecule has 0 bridgehead atoms. The van der Waals surface area contributed by atoms with Crippen LogP contribution >= 0.6 is 0 Å². The molecule has 1 aliphatic heterocycles. The fourth-order valence-electron chi connectivity index (χ4n) is 4.94. The minimum absolute atomic E-state index is 0.0651. The molecule has 206 valence electrons. The maximum atomic E-state index is 13.7. The number of hydrogen-bond donors (Lipinski definition) is 2. The van der Waals surface area contributed by atoms with E-state index in [9.17, 15) is 9.59 Å². The van der Waals surface area contributed by atoms with Crippen molar-refractivity contribution in [1.29, 1.82) is 0 Å². The summed E-state index contributed by atoms with van der Waals surface area (Å²) in [7, 11) is 1.69. The van der Waals surface area contributed by atoms with Crippen LogP contribution in [-0.2, 0) is 4.79 Å². The van der Waals surface area contributed by atoms with Crippen LogP contribution in [0.2, 0.25) is 0 Å². The number of nitrogens with zero attached hydrogens (tertiary/aromatic N) is 2. The molecule has 39 heavy (non-hydrogen) atoms. The van der Waals surface area contributed by atoms with Gasteiger partial charge in [-0.25, -0.2) is 0 Å². The van der Waals surface area contributed by atoms with Crippen molar-refractivity contribution in [2.24, 2.45) is 5.41 Å². The Kier molecular flexibility index (Phi) is 8.79. The summed E-state index contributed by atoms with van der Waals surface area (Å²) in [6, 6.07) is 23.4. The molecule has 4 rings (SSSR count). The van der Waals surface area contributed by atoms with Gasteiger partial charge in [0.1, 0.15) is 5.75 Å². The monoisotopic (exact) mass is 528 g/mol. The van der Waals surface area contributed by atoms with Gasteiger partial charge < -0.3 is 25.2 Å². The largest absolute Gasteiger partial charge is 0.495 e. The second kappa shape index (κ2) is 12.2. The van der Waals surface area contributed by atoms with E-state index in [0.29, 0.717) is 17.7 Å². The zero-order chi connectivity index (χ0) is 28.0. The fraction of sp³-hybridized carbons (Fsp3) is 0.375. The minimum Gasteiger partial charge on any atom is -0.495 e. The van der Waals surface area contributed by atoms with Crippen molar-refractivity contribution in [3.8, 4) is 5.75 Å². The van der Waals surface area contributed by atoms with Crippen LogP contribution in [0.1, 0.15) is 56.1 Å². The molecular formula is C32H40N4O3. The number of piperazine rings is 1. The molecule has 2 amide bonds. The molecule has 1 saturated heterocycles. The van der Waals surface area contributed by atoms with E-state index in [1.807, 2.05) is 88.4 Å². The van der Waals surface area contributed by atoms with Crippen molar-refractivity contribution >= 4 is 28.9 Å². The predicted octanol–water partition coefficient (Wildman–Crippen LogP) is 5.89. The fourth-order valence-corrected chi connectivity index (χ4v) is 4.94. The van der Waals surface area contributed by atoms with E-state index < -0.39 is 0 Å². The van der Waals surface area contributed by atoms with Crippen LogP contribution in [-0.4, -0.2) is 45.1 Å². The molecule has 7 heteroatoms. The van der Waals surface area contributed by atoms with Gasteiger partial charge >= 0.3 is 0 Å². The highest BCUT2D eigenvalue weighted by atomic mass is 16.5. The molecule has 3 aromatic rings. The van der Waals surface area contributed by atoms with Crippen LogP contribution in [0.25, 0.3) is 0 Å². The van der Waals surface area contributed by atoms with Gasteiger partial charge in [0.25, 0.3) is 5.91 Å². The summed E-state index contributed by atoms with van der Waals surface area (Å²) in [5.74, 6) is 0.626. The van der Waals surface area contributed by atoms with Crippen molar-refractivity contribution in [2.75, 3.05) is 48.4 Å². The predicted molar refractivity (Wildman–Crippen MR) is 159 cm³/mol. The lowest BCUT2D eigenvalue weighted by Gasteiger charge is -2.38. The Morgan fingerprint density at radius 2 is 1.49 bits per heavy atom. The normalized spacial score (nSPS) is 14.5. The summed E-state index contributed by atoms with van der Waals surface area (Å²) in [4.78, 5) is 30.9. The van der Waals surface area contributed by atoms with Gasteiger partial charge in [0, 0.05) is 44.0 Å². The third-order valence-electron chi connectivity index (χ3n) is 6.91. The lowest BCUT2D eigenvalue weighted by atomic mass is 9.92. The summed E-state index contributed by atoms with van der Waals surface area (Å²) >= 11 is 0. The number of carbonyl (C=O) groups excluding carboxylic acids is 2. The van der Waals surface area contributed by atoms with E-state index in [1.54, 1.807) is 13.2 Å². The van der Waals surface area contributed by atoms with Crippen molar-refractivity contribution in [1.82, 2.24) is 5.32 Å². The average molecular weight is 529 g/mol. The van der Waals surface area contributed by atoms with Crippen molar-refractivity contribution < 1.29 is 14.3 Å². The molecule has 2 N–H and O–H groups in total. The Morgan fingerprint density at radius 1 is 0.872 bits per heavy atom. The minimum atomic E-state index is -0.166. The highest BCUT2D eigenvalue weighted by Crippen LogP contribution is 2.31. The van der Waals surface area contributed by atoms with E-state index in [1.165, 1.54) is 0 Å². The Balaban J connectivity index is 1.56. The second-order valence-corrected chi connectivity index (χ2v) is 11.3. The molecule has 1 unspecified atom stereocenters. The highest BCUT2D eigenvalue weighted by molar-refractivity contribution is 6.02. The molecule has 0 spiro atoms. The molecular weight excluding hydrogens is 488 g/mol. The molecule has 0 aromatic heterocycles. The first-order chi connectivity index (χ1) is 18.6. The van der Waals surface area contributed by atoms with Crippen LogP contribution in [0.5, 0.6) is 5.75 Å². The van der Waals surface area contributed by atoms with Crippen molar-refractivity contribution in [3.05, 3.63) is 83.9 Å². The molecule has 1 fully saturated rings. The van der Waals surface area contributed by atoms with E-state index in [4.69, 9.17) is 4.74 Å². The molecule has 0 aliphatic carbocycles. The first-order valence-corrected chi connectivity index (χ1v) is 13.6. The van der Waals surface area contributed by atoms with Crippen molar-refractivity contribution in [3.63, 3.8) is 0 Å². The quantitative estimate of drug-likeness (QED) is 0.382. The first kappa shape index (κ1) is 28.0. The number of methoxy groups -OCH3 is 1. The third kappa shape index (κ3) is 7.31. The van der Waals surface area contributed by atoms with Crippen LogP contribution in [0.3, 0.4) is 0 Å². The Morgan fingerprint density at radius 3 is 2.13 bits per heavy atom. The van der Waals surface area contributed by atoms with E-state index in [-0.39, 0.29) is 23.3 Å². The number of amides is 2. The summed E-state index contributed by atoms with van der Waals surface area (Å²) < 4.78 is 5.57. The molecule has 7 nitrogen and oxygen atoms in total. The van der Waals surface area contributed by atoms with Gasteiger partial charge in [0.15, 0.2) is 0 Å². The molecule has 1 heterocycles. The number of carbonyl (C=O) groups is 2. The maximum absolute atomic E-state index is 13.7. The van der Waals surface area contributed by atoms with Crippen LogP contribution in [0.4, 0.5) is 17.1 Å². The standard InChI is InChI=1S/C32H40N4O3/c1-23(24-11-7-6-8-12-24)33-31(38)26-21-25(34-30(37)22-32(2,3)4)15-16-27(26)35-17-19-36(20-18-35)28-13-9-10-14-29(28)39-5/h6-16,21,23H,17-20,22H2,1-5H3,(H,33,38)(H,34,37).